The van der Waals surface area contributed by atoms with Crippen LogP contribution in [0.1, 0.15) is 53.9 Å². The van der Waals surface area contributed by atoms with Gasteiger partial charge in [-0.15, -0.1) is 0 Å². The third-order valence-corrected chi connectivity index (χ3v) is 7.10. The molecule has 3 fully saturated rings. The summed E-state index contributed by atoms with van der Waals surface area (Å²) in [7, 11) is 0. The van der Waals surface area contributed by atoms with Gasteiger partial charge < -0.3 is 21.7 Å². The van der Waals surface area contributed by atoms with Crippen LogP contribution in [0.15, 0.2) is 0 Å². The number of ketones is 1. The summed E-state index contributed by atoms with van der Waals surface area (Å²) in [5.74, 6) is -1.90. The Morgan fingerprint density at radius 3 is 2.24 bits per heavy atom. The fourth-order valence-corrected chi connectivity index (χ4v) is 4.71. The highest BCUT2D eigenvalue weighted by Crippen LogP contribution is 2.65. The normalized spacial score (nSPS) is 29.6. The van der Waals surface area contributed by atoms with E-state index in [-0.39, 0.29) is 23.2 Å². The van der Waals surface area contributed by atoms with Gasteiger partial charge in [0, 0.05) is 6.54 Å². The monoisotopic (exact) mass is 406 g/mol. The standard InChI is InChI=1S/C21H34N4O4/c1-20(2,3)16(22)19(29)25-9-11-13(21(11,4)5)14(25)18(28)24-12(8-10-6-7-10)15(26)17(23)27/h10-14,16H,6-9,22H2,1-5H3,(H2,23,27)(H,24,28)/t11?,12?,13?,14-,16?/m0/s1. The lowest BCUT2D eigenvalue weighted by molar-refractivity contribution is -0.144. The molecule has 0 aromatic rings. The number of fused-ring (bicyclic) bond motifs is 1. The van der Waals surface area contributed by atoms with Crippen LogP contribution in [0.5, 0.6) is 0 Å². The summed E-state index contributed by atoms with van der Waals surface area (Å²) >= 11 is 0. The summed E-state index contributed by atoms with van der Waals surface area (Å²) in [6.07, 6.45) is 2.36. The van der Waals surface area contributed by atoms with Gasteiger partial charge in [0.2, 0.25) is 17.6 Å². The molecule has 3 aliphatic rings. The molecule has 1 heterocycles. The second kappa shape index (κ2) is 7.07. The van der Waals surface area contributed by atoms with E-state index < -0.39 is 41.1 Å². The number of carbonyl (C=O) groups is 4. The summed E-state index contributed by atoms with van der Waals surface area (Å²) < 4.78 is 0. The Morgan fingerprint density at radius 2 is 1.76 bits per heavy atom. The molecule has 1 aliphatic heterocycles. The average Bonchev–Trinajstić information content (AvgIpc) is 3.45. The van der Waals surface area contributed by atoms with Crippen LogP contribution in [-0.2, 0) is 19.2 Å². The van der Waals surface area contributed by atoms with Crippen molar-refractivity contribution in [1.82, 2.24) is 10.2 Å². The smallest absolute Gasteiger partial charge is 0.287 e. The Kier molecular flexibility index (Phi) is 5.30. The molecule has 0 aromatic heterocycles. The van der Waals surface area contributed by atoms with Crippen molar-refractivity contribution in [3.8, 4) is 0 Å². The van der Waals surface area contributed by atoms with Gasteiger partial charge in [0.15, 0.2) is 0 Å². The van der Waals surface area contributed by atoms with Crippen molar-refractivity contribution < 1.29 is 19.2 Å². The number of piperidine rings is 1. The van der Waals surface area contributed by atoms with Crippen molar-refractivity contribution in [1.29, 1.82) is 0 Å². The molecule has 0 spiro atoms. The summed E-state index contributed by atoms with van der Waals surface area (Å²) in [6, 6.07) is -2.34. The van der Waals surface area contributed by atoms with Crippen molar-refractivity contribution in [2.75, 3.05) is 6.54 Å². The highest BCUT2D eigenvalue weighted by Gasteiger charge is 2.69. The number of nitrogens with zero attached hydrogens (tertiary/aromatic N) is 1. The zero-order chi connectivity index (χ0) is 21.9. The number of amides is 3. The molecule has 0 aromatic carbocycles. The predicted octanol–water partition coefficient (Wildman–Crippen LogP) is 0.182. The molecule has 29 heavy (non-hydrogen) atoms. The minimum absolute atomic E-state index is 0.0175. The van der Waals surface area contributed by atoms with E-state index in [0.717, 1.165) is 12.8 Å². The van der Waals surface area contributed by atoms with E-state index in [9.17, 15) is 19.2 Å². The summed E-state index contributed by atoms with van der Waals surface area (Å²) in [6.45, 7) is 10.3. The number of nitrogens with one attached hydrogen (secondary N) is 1. The van der Waals surface area contributed by atoms with Crippen LogP contribution in [0.3, 0.4) is 0 Å². The topological polar surface area (TPSA) is 136 Å². The van der Waals surface area contributed by atoms with Gasteiger partial charge in [-0.05, 0) is 35.0 Å². The summed E-state index contributed by atoms with van der Waals surface area (Å²) in [4.78, 5) is 51.6. The summed E-state index contributed by atoms with van der Waals surface area (Å²) in [5.41, 5.74) is 10.9. The lowest BCUT2D eigenvalue weighted by Gasteiger charge is -2.36. The van der Waals surface area contributed by atoms with Crippen LogP contribution in [0, 0.1) is 28.6 Å². The van der Waals surface area contributed by atoms with Crippen LogP contribution in [0.4, 0.5) is 0 Å². The van der Waals surface area contributed by atoms with Crippen LogP contribution in [0.2, 0.25) is 0 Å². The molecule has 0 radical (unpaired) electrons. The number of nitrogens with two attached hydrogens (primary N) is 2. The highest BCUT2D eigenvalue weighted by atomic mass is 16.2. The van der Waals surface area contributed by atoms with E-state index in [1.165, 1.54) is 0 Å². The largest absolute Gasteiger partial charge is 0.363 e. The van der Waals surface area contributed by atoms with Crippen molar-refractivity contribution in [3.05, 3.63) is 0 Å². The number of Topliss-reactive ketones (excluding diaryl/α,β-unsaturated/α-hetero) is 1. The molecule has 2 aliphatic carbocycles. The second-order valence-corrected chi connectivity index (χ2v) is 10.7. The predicted molar refractivity (Wildman–Crippen MR) is 107 cm³/mol. The number of primary amides is 1. The SMILES string of the molecule is CC(C)(C)C(N)C(=O)N1CC2C([C@H]1C(=O)NC(CC1CC1)C(=O)C(N)=O)C2(C)C. The summed E-state index contributed by atoms with van der Waals surface area (Å²) in [5, 5.41) is 2.74. The van der Waals surface area contributed by atoms with Crippen LogP contribution >= 0.6 is 0 Å². The maximum atomic E-state index is 13.2. The zero-order valence-corrected chi connectivity index (χ0v) is 18.0. The molecular formula is C21H34N4O4. The third-order valence-electron chi connectivity index (χ3n) is 7.10. The Bertz CT molecular complexity index is 737. The lowest BCUT2D eigenvalue weighted by atomic mass is 9.86. The fraction of sp³-hybridized carbons (Fsp3) is 0.810. The molecule has 5 N–H and O–H groups in total. The number of likely N-dealkylation sites (tertiary alicyclic amines) is 1. The van der Waals surface area contributed by atoms with E-state index in [1.54, 1.807) is 4.90 Å². The van der Waals surface area contributed by atoms with Gasteiger partial charge >= 0.3 is 0 Å². The molecule has 162 valence electrons. The van der Waals surface area contributed by atoms with Crippen molar-refractivity contribution in [2.24, 2.45) is 40.1 Å². The minimum atomic E-state index is -1.05. The minimum Gasteiger partial charge on any atom is -0.363 e. The Hall–Kier alpha value is -1.96. The van der Waals surface area contributed by atoms with Crippen molar-refractivity contribution in [3.63, 3.8) is 0 Å². The number of hydrogen-bond donors (Lipinski definition) is 3. The van der Waals surface area contributed by atoms with Gasteiger partial charge in [0.25, 0.3) is 5.91 Å². The van der Waals surface area contributed by atoms with E-state index in [2.05, 4.69) is 19.2 Å². The van der Waals surface area contributed by atoms with Gasteiger partial charge in [0.1, 0.15) is 6.04 Å². The molecule has 1 saturated heterocycles. The number of hydrogen-bond acceptors (Lipinski definition) is 5. The van der Waals surface area contributed by atoms with Gasteiger partial charge in [-0.3, -0.25) is 19.2 Å². The van der Waals surface area contributed by atoms with E-state index in [0.29, 0.717) is 18.9 Å². The second-order valence-electron chi connectivity index (χ2n) is 10.7. The average molecular weight is 407 g/mol. The lowest BCUT2D eigenvalue weighted by Crippen LogP contribution is -2.59. The van der Waals surface area contributed by atoms with Crippen molar-refractivity contribution >= 4 is 23.5 Å². The Morgan fingerprint density at radius 1 is 1.17 bits per heavy atom. The first kappa shape index (κ1) is 21.7. The van der Waals surface area contributed by atoms with Crippen LogP contribution in [-0.4, -0.2) is 53.1 Å². The van der Waals surface area contributed by atoms with Crippen LogP contribution in [0.25, 0.3) is 0 Å². The van der Waals surface area contributed by atoms with Gasteiger partial charge in [0.05, 0.1) is 12.1 Å². The molecule has 3 amide bonds. The molecule has 2 saturated carbocycles. The van der Waals surface area contributed by atoms with E-state index in [4.69, 9.17) is 11.5 Å². The fourth-order valence-electron chi connectivity index (χ4n) is 4.71. The van der Waals surface area contributed by atoms with Crippen molar-refractivity contribution in [2.45, 2.75) is 72.0 Å². The molecule has 4 unspecified atom stereocenters. The van der Waals surface area contributed by atoms with E-state index in [1.807, 2.05) is 20.8 Å². The number of rotatable bonds is 7. The van der Waals surface area contributed by atoms with Gasteiger partial charge in [-0.2, -0.15) is 0 Å². The van der Waals surface area contributed by atoms with E-state index >= 15 is 0 Å². The maximum Gasteiger partial charge on any atom is 0.287 e. The van der Waals surface area contributed by atoms with Gasteiger partial charge in [-0.1, -0.05) is 47.5 Å². The molecular weight excluding hydrogens is 372 g/mol. The maximum absolute atomic E-state index is 13.2. The first-order chi connectivity index (χ1) is 13.3. The Balaban J connectivity index is 1.79. The Labute approximate surface area is 172 Å². The first-order valence-electron chi connectivity index (χ1n) is 10.5. The molecule has 5 atom stereocenters. The highest BCUT2D eigenvalue weighted by molar-refractivity contribution is 6.37. The van der Waals surface area contributed by atoms with Gasteiger partial charge in [-0.25, -0.2) is 0 Å². The molecule has 8 heteroatoms. The quantitative estimate of drug-likeness (QED) is 0.518. The molecule has 8 nitrogen and oxygen atoms in total. The van der Waals surface area contributed by atoms with Crippen LogP contribution < -0.4 is 16.8 Å². The zero-order valence-electron chi connectivity index (χ0n) is 18.0. The number of carbonyl (C=O) groups excluding carboxylic acids is 4. The molecule has 3 rings (SSSR count). The first-order valence-corrected chi connectivity index (χ1v) is 10.5. The molecule has 0 bridgehead atoms. The third kappa shape index (κ3) is 4.04.